The molecule has 0 bridgehead atoms. The van der Waals surface area contributed by atoms with Gasteiger partial charge < -0.3 is 15.2 Å². The van der Waals surface area contributed by atoms with Gasteiger partial charge in [0, 0.05) is 19.1 Å². The Kier molecular flexibility index (Phi) is 6.55. The number of aliphatic hydroxyl groups excluding tert-OH is 1. The van der Waals surface area contributed by atoms with Crippen LogP contribution in [-0.4, -0.2) is 24.9 Å². The standard InChI is InChI=1S/C13H20BrNO2/c1-3-15-10(2)11-5-6-13(12(14)9-11)17-8-4-7-16/h5-6,9-10,15-16H,3-4,7-8H2,1-2H3. The van der Waals surface area contributed by atoms with Crippen molar-refractivity contribution in [1.82, 2.24) is 5.32 Å². The predicted molar refractivity (Wildman–Crippen MR) is 73.4 cm³/mol. The summed E-state index contributed by atoms with van der Waals surface area (Å²) >= 11 is 3.50. The van der Waals surface area contributed by atoms with Crippen LogP contribution in [0.4, 0.5) is 0 Å². The summed E-state index contributed by atoms with van der Waals surface area (Å²) in [4.78, 5) is 0. The summed E-state index contributed by atoms with van der Waals surface area (Å²) in [6.45, 7) is 5.88. The van der Waals surface area contributed by atoms with Crippen molar-refractivity contribution in [3.8, 4) is 5.75 Å². The summed E-state index contributed by atoms with van der Waals surface area (Å²) in [5.41, 5.74) is 1.23. The monoisotopic (exact) mass is 301 g/mol. The van der Waals surface area contributed by atoms with Gasteiger partial charge in [0.15, 0.2) is 0 Å². The first-order valence-corrected chi connectivity index (χ1v) is 6.74. The zero-order chi connectivity index (χ0) is 12.7. The molecule has 0 saturated carbocycles. The topological polar surface area (TPSA) is 41.5 Å². The van der Waals surface area contributed by atoms with Crippen molar-refractivity contribution in [2.75, 3.05) is 19.8 Å². The van der Waals surface area contributed by atoms with E-state index >= 15 is 0 Å². The van der Waals surface area contributed by atoms with E-state index in [4.69, 9.17) is 9.84 Å². The zero-order valence-corrected chi connectivity index (χ0v) is 12.0. The van der Waals surface area contributed by atoms with Crippen LogP contribution < -0.4 is 10.1 Å². The molecule has 1 unspecified atom stereocenters. The maximum Gasteiger partial charge on any atom is 0.133 e. The third-order valence-corrected chi connectivity index (χ3v) is 3.15. The summed E-state index contributed by atoms with van der Waals surface area (Å²) in [6.07, 6.45) is 0.655. The molecule has 0 aliphatic rings. The Morgan fingerprint density at radius 1 is 1.47 bits per heavy atom. The molecule has 4 heteroatoms. The Balaban J connectivity index is 2.65. The second-order valence-corrected chi connectivity index (χ2v) is 4.75. The van der Waals surface area contributed by atoms with Gasteiger partial charge in [-0.3, -0.25) is 0 Å². The number of ether oxygens (including phenoxy) is 1. The van der Waals surface area contributed by atoms with Gasteiger partial charge in [-0.25, -0.2) is 0 Å². The fourth-order valence-electron chi connectivity index (χ4n) is 1.57. The molecule has 96 valence electrons. The minimum atomic E-state index is 0.160. The SMILES string of the molecule is CCNC(C)c1ccc(OCCCO)c(Br)c1. The normalized spacial score (nSPS) is 12.5. The van der Waals surface area contributed by atoms with Crippen LogP contribution >= 0.6 is 15.9 Å². The van der Waals surface area contributed by atoms with Gasteiger partial charge in [-0.2, -0.15) is 0 Å². The van der Waals surface area contributed by atoms with Crippen LogP contribution in [0.25, 0.3) is 0 Å². The molecule has 1 rings (SSSR count). The number of benzene rings is 1. The number of hydrogen-bond donors (Lipinski definition) is 2. The zero-order valence-electron chi connectivity index (χ0n) is 10.4. The van der Waals surface area contributed by atoms with E-state index in [1.54, 1.807) is 0 Å². The number of nitrogens with one attached hydrogen (secondary N) is 1. The van der Waals surface area contributed by atoms with Crippen LogP contribution in [0.15, 0.2) is 22.7 Å². The minimum Gasteiger partial charge on any atom is -0.492 e. The fraction of sp³-hybridized carbons (Fsp3) is 0.538. The number of rotatable bonds is 7. The van der Waals surface area contributed by atoms with Crippen molar-refractivity contribution in [2.24, 2.45) is 0 Å². The fourth-order valence-corrected chi connectivity index (χ4v) is 2.09. The highest BCUT2D eigenvalue weighted by Gasteiger charge is 2.07. The van der Waals surface area contributed by atoms with Gasteiger partial charge in [0.05, 0.1) is 11.1 Å². The molecular weight excluding hydrogens is 282 g/mol. The van der Waals surface area contributed by atoms with Gasteiger partial charge in [0.1, 0.15) is 5.75 Å². The summed E-state index contributed by atoms with van der Waals surface area (Å²) < 4.78 is 6.50. The maximum atomic E-state index is 8.69. The molecular formula is C13H20BrNO2. The molecule has 0 aliphatic carbocycles. The van der Waals surface area contributed by atoms with Crippen molar-refractivity contribution >= 4 is 15.9 Å². The first-order chi connectivity index (χ1) is 8.19. The molecule has 0 aliphatic heterocycles. The molecule has 0 heterocycles. The third-order valence-electron chi connectivity index (χ3n) is 2.53. The molecule has 0 spiro atoms. The van der Waals surface area contributed by atoms with Gasteiger partial charge in [0.25, 0.3) is 0 Å². The van der Waals surface area contributed by atoms with E-state index in [-0.39, 0.29) is 6.61 Å². The summed E-state index contributed by atoms with van der Waals surface area (Å²) in [5, 5.41) is 12.1. The molecule has 17 heavy (non-hydrogen) atoms. The summed E-state index contributed by atoms with van der Waals surface area (Å²) in [7, 11) is 0. The molecule has 1 aromatic carbocycles. The lowest BCUT2D eigenvalue weighted by atomic mass is 10.1. The highest BCUT2D eigenvalue weighted by Crippen LogP contribution is 2.28. The highest BCUT2D eigenvalue weighted by molar-refractivity contribution is 9.10. The van der Waals surface area contributed by atoms with Crippen molar-refractivity contribution in [1.29, 1.82) is 0 Å². The van der Waals surface area contributed by atoms with Crippen molar-refractivity contribution < 1.29 is 9.84 Å². The number of hydrogen-bond acceptors (Lipinski definition) is 3. The summed E-state index contributed by atoms with van der Waals surface area (Å²) in [6, 6.07) is 6.43. The molecule has 3 nitrogen and oxygen atoms in total. The summed E-state index contributed by atoms with van der Waals surface area (Å²) in [5.74, 6) is 0.825. The predicted octanol–water partition coefficient (Wildman–Crippen LogP) is 2.88. The van der Waals surface area contributed by atoms with E-state index in [1.165, 1.54) is 5.56 Å². The highest BCUT2D eigenvalue weighted by atomic mass is 79.9. The maximum absolute atomic E-state index is 8.69. The lowest BCUT2D eigenvalue weighted by molar-refractivity contribution is 0.233. The van der Waals surface area contributed by atoms with Crippen LogP contribution in [0, 0.1) is 0 Å². The van der Waals surface area contributed by atoms with Crippen molar-refractivity contribution in [2.45, 2.75) is 26.3 Å². The minimum absolute atomic E-state index is 0.160. The van der Waals surface area contributed by atoms with E-state index in [2.05, 4.69) is 47.2 Å². The number of halogens is 1. The smallest absolute Gasteiger partial charge is 0.133 e. The largest absolute Gasteiger partial charge is 0.492 e. The lowest BCUT2D eigenvalue weighted by Gasteiger charge is -2.15. The second kappa shape index (κ2) is 7.69. The van der Waals surface area contributed by atoms with Gasteiger partial charge in [-0.05, 0) is 47.1 Å². The Morgan fingerprint density at radius 3 is 2.82 bits per heavy atom. The Morgan fingerprint density at radius 2 is 2.24 bits per heavy atom. The van der Waals surface area contributed by atoms with Gasteiger partial charge in [0.2, 0.25) is 0 Å². The first kappa shape index (κ1) is 14.5. The molecule has 1 atom stereocenters. The van der Waals surface area contributed by atoms with Gasteiger partial charge >= 0.3 is 0 Å². The molecule has 2 N–H and O–H groups in total. The van der Waals surface area contributed by atoms with Crippen LogP contribution in [0.5, 0.6) is 5.75 Å². The molecule has 0 radical (unpaired) electrons. The van der Waals surface area contributed by atoms with E-state index in [0.717, 1.165) is 16.8 Å². The van der Waals surface area contributed by atoms with Gasteiger partial charge in [-0.1, -0.05) is 13.0 Å². The molecule has 0 amide bonds. The molecule has 0 fully saturated rings. The van der Waals surface area contributed by atoms with Crippen LogP contribution in [0.2, 0.25) is 0 Å². The van der Waals surface area contributed by atoms with E-state index in [1.807, 2.05) is 6.07 Å². The van der Waals surface area contributed by atoms with Crippen LogP contribution in [-0.2, 0) is 0 Å². The lowest BCUT2D eigenvalue weighted by Crippen LogP contribution is -2.17. The third kappa shape index (κ3) is 4.66. The Bertz CT molecular complexity index is 344. The molecule has 0 aromatic heterocycles. The second-order valence-electron chi connectivity index (χ2n) is 3.89. The molecule has 1 aromatic rings. The van der Waals surface area contributed by atoms with E-state index < -0.39 is 0 Å². The van der Waals surface area contributed by atoms with Crippen molar-refractivity contribution in [3.05, 3.63) is 28.2 Å². The Hall–Kier alpha value is -0.580. The first-order valence-electron chi connectivity index (χ1n) is 5.95. The van der Waals surface area contributed by atoms with Crippen LogP contribution in [0.1, 0.15) is 31.9 Å². The molecule has 0 saturated heterocycles. The van der Waals surface area contributed by atoms with E-state index in [9.17, 15) is 0 Å². The average molecular weight is 302 g/mol. The quantitative estimate of drug-likeness (QED) is 0.761. The van der Waals surface area contributed by atoms with E-state index in [0.29, 0.717) is 19.1 Å². The van der Waals surface area contributed by atoms with Crippen LogP contribution in [0.3, 0.4) is 0 Å². The average Bonchev–Trinajstić information content (AvgIpc) is 2.31. The number of aliphatic hydroxyl groups is 1. The van der Waals surface area contributed by atoms with Gasteiger partial charge in [-0.15, -0.1) is 0 Å². The van der Waals surface area contributed by atoms with Crippen molar-refractivity contribution in [3.63, 3.8) is 0 Å². The Labute approximate surface area is 111 Å².